The molecule has 0 bridgehead atoms. The van der Waals surface area contributed by atoms with Crippen molar-refractivity contribution in [2.75, 3.05) is 9.80 Å². The molecular weight excluding hydrogens is 560 g/mol. The summed E-state index contributed by atoms with van der Waals surface area (Å²) in [6, 6.07) is 64.8. The SMILES string of the molecule is c1ccc(-c2ccccc2N2c3ccccc3N(c3ccccc3-c3ccccc3)C23c2ccccc2Oc2ccccc23)cc1. The van der Waals surface area contributed by atoms with Gasteiger partial charge in [-0.05, 0) is 47.5 Å². The normalized spacial score (nSPS) is 13.9. The lowest BCUT2D eigenvalue weighted by atomic mass is 9.83. The molecule has 0 saturated heterocycles. The molecule has 3 nitrogen and oxygen atoms in total. The van der Waals surface area contributed by atoms with Gasteiger partial charge in [0, 0.05) is 22.3 Å². The molecule has 7 aromatic carbocycles. The topological polar surface area (TPSA) is 15.7 Å². The Kier molecular flexibility index (Phi) is 6.04. The van der Waals surface area contributed by atoms with Crippen molar-refractivity contribution in [2.24, 2.45) is 0 Å². The van der Waals surface area contributed by atoms with Crippen molar-refractivity contribution < 1.29 is 4.74 Å². The molecule has 0 fully saturated rings. The lowest BCUT2D eigenvalue weighted by Crippen LogP contribution is -2.53. The number of hydrogen-bond acceptors (Lipinski definition) is 3. The smallest absolute Gasteiger partial charge is 0.182 e. The van der Waals surface area contributed by atoms with Gasteiger partial charge in [-0.3, -0.25) is 0 Å². The average Bonchev–Trinajstić information content (AvgIpc) is 3.43. The van der Waals surface area contributed by atoms with Gasteiger partial charge in [0.1, 0.15) is 11.5 Å². The maximum absolute atomic E-state index is 6.71. The summed E-state index contributed by atoms with van der Waals surface area (Å²) in [6.07, 6.45) is 0. The lowest BCUT2D eigenvalue weighted by Gasteiger charge is -2.50. The molecule has 0 unspecified atom stereocenters. The average molecular weight is 591 g/mol. The highest BCUT2D eigenvalue weighted by atomic mass is 16.5. The minimum atomic E-state index is -0.828. The van der Waals surface area contributed by atoms with Gasteiger partial charge in [-0.25, -0.2) is 0 Å². The van der Waals surface area contributed by atoms with Gasteiger partial charge in [-0.2, -0.15) is 0 Å². The van der Waals surface area contributed by atoms with Crippen LogP contribution in [0.4, 0.5) is 22.7 Å². The molecule has 0 aliphatic carbocycles. The number of hydrogen-bond donors (Lipinski definition) is 0. The van der Waals surface area contributed by atoms with Crippen molar-refractivity contribution in [2.45, 2.75) is 5.66 Å². The minimum absolute atomic E-state index is 0.828. The highest BCUT2D eigenvalue weighted by molar-refractivity contribution is 5.99. The van der Waals surface area contributed by atoms with Gasteiger partial charge in [0.25, 0.3) is 0 Å². The lowest BCUT2D eigenvalue weighted by molar-refractivity contribution is 0.402. The Bertz CT molecular complexity index is 2050. The highest BCUT2D eigenvalue weighted by Crippen LogP contribution is 2.65. The van der Waals surface area contributed by atoms with Crippen molar-refractivity contribution in [1.82, 2.24) is 0 Å². The number of ether oxygens (including phenoxy) is 1. The van der Waals surface area contributed by atoms with Crippen LogP contribution in [0.1, 0.15) is 11.1 Å². The zero-order valence-corrected chi connectivity index (χ0v) is 25.1. The Hall–Kier alpha value is -6.06. The Labute approximate surface area is 269 Å². The van der Waals surface area contributed by atoms with Gasteiger partial charge in [0.15, 0.2) is 5.66 Å². The maximum atomic E-state index is 6.71. The van der Waals surface area contributed by atoms with Crippen molar-refractivity contribution in [3.8, 4) is 33.8 Å². The van der Waals surface area contributed by atoms with E-state index in [4.69, 9.17) is 4.74 Å². The standard InChI is InChI=1S/C43H30N2O/c1-3-17-31(18-4-1)33-21-7-11-25-37(33)44-39-27-13-14-28-40(39)45(38-26-12-8-22-34(38)32-19-5-2-6-20-32)43(44)35-23-9-15-29-41(35)46-42-30-16-10-24-36(42)43/h1-30H. The van der Waals surface area contributed by atoms with E-state index in [1.54, 1.807) is 0 Å². The van der Waals surface area contributed by atoms with E-state index in [0.717, 1.165) is 56.5 Å². The Morgan fingerprint density at radius 1 is 0.326 bits per heavy atom. The summed E-state index contributed by atoms with van der Waals surface area (Å²) in [5, 5.41) is 0. The van der Waals surface area contributed by atoms with Crippen molar-refractivity contribution in [1.29, 1.82) is 0 Å². The molecule has 46 heavy (non-hydrogen) atoms. The second kappa shape index (κ2) is 10.5. The van der Waals surface area contributed by atoms with E-state index in [0.29, 0.717) is 0 Å². The summed E-state index contributed by atoms with van der Waals surface area (Å²) in [4.78, 5) is 5.10. The van der Waals surface area contributed by atoms with Crippen LogP contribution in [-0.4, -0.2) is 0 Å². The molecule has 0 aromatic heterocycles. The Morgan fingerprint density at radius 3 is 1.13 bits per heavy atom. The summed E-state index contributed by atoms with van der Waals surface area (Å²) < 4.78 is 6.71. The first kappa shape index (κ1) is 26.4. The van der Waals surface area contributed by atoms with Crippen LogP contribution in [0.2, 0.25) is 0 Å². The van der Waals surface area contributed by atoms with E-state index in [2.05, 4.69) is 192 Å². The maximum Gasteiger partial charge on any atom is 0.182 e. The molecule has 7 aromatic rings. The van der Waals surface area contributed by atoms with Crippen LogP contribution in [0, 0.1) is 0 Å². The third-order valence-electron chi connectivity index (χ3n) is 9.22. The van der Waals surface area contributed by atoms with E-state index in [9.17, 15) is 0 Å². The molecule has 0 N–H and O–H groups in total. The van der Waals surface area contributed by atoms with E-state index in [-0.39, 0.29) is 0 Å². The molecule has 0 saturated carbocycles. The molecule has 2 heterocycles. The fraction of sp³-hybridized carbons (Fsp3) is 0.0233. The predicted molar refractivity (Wildman–Crippen MR) is 188 cm³/mol. The number of fused-ring (bicyclic) bond motifs is 5. The van der Waals surface area contributed by atoms with E-state index in [1.165, 1.54) is 11.1 Å². The molecule has 2 aliphatic rings. The second-order valence-corrected chi connectivity index (χ2v) is 11.7. The van der Waals surface area contributed by atoms with Crippen LogP contribution < -0.4 is 14.5 Å². The van der Waals surface area contributed by atoms with Crippen molar-refractivity contribution in [3.63, 3.8) is 0 Å². The van der Waals surface area contributed by atoms with E-state index in [1.807, 2.05) is 0 Å². The fourth-order valence-corrected chi connectivity index (χ4v) is 7.39. The van der Waals surface area contributed by atoms with Crippen molar-refractivity contribution in [3.05, 3.63) is 193 Å². The van der Waals surface area contributed by atoms with Crippen LogP contribution >= 0.6 is 0 Å². The van der Waals surface area contributed by atoms with Gasteiger partial charge in [-0.1, -0.05) is 146 Å². The third kappa shape index (κ3) is 3.79. The van der Waals surface area contributed by atoms with E-state index < -0.39 is 5.66 Å². The van der Waals surface area contributed by atoms with Gasteiger partial charge < -0.3 is 14.5 Å². The fourth-order valence-electron chi connectivity index (χ4n) is 7.39. The van der Waals surface area contributed by atoms with Gasteiger partial charge in [0.2, 0.25) is 0 Å². The predicted octanol–water partition coefficient (Wildman–Crippen LogP) is 11.3. The summed E-state index contributed by atoms with van der Waals surface area (Å²) in [7, 11) is 0. The molecule has 9 rings (SSSR count). The monoisotopic (exact) mass is 590 g/mol. The summed E-state index contributed by atoms with van der Waals surface area (Å²) >= 11 is 0. The minimum Gasteiger partial charge on any atom is -0.456 e. The molecule has 0 atom stereocenters. The first-order valence-corrected chi connectivity index (χ1v) is 15.7. The largest absolute Gasteiger partial charge is 0.456 e. The highest BCUT2D eigenvalue weighted by Gasteiger charge is 2.58. The van der Waals surface area contributed by atoms with Crippen LogP contribution in [0.3, 0.4) is 0 Å². The second-order valence-electron chi connectivity index (χ2n) is 11.7. The quantitative estimate of drug-likeness (QED) is 0.203. The molecular formula is C43H30N2O. The molecule has 3 heteroatoms. The third-order valence-corrected chi connectivity index (χ3v) is 9.22. The Balaban J connectivity index is 1.45. The van der Waals surface area contributed by atoms with Crippen molar-refractivity contribution >= 4 is 22.7 Å². The van der Waals surface area contributed by atoms with Crippen LogP contribution in [0.15, 0.2) is 182 Å². The summed E-state index contributed by atoms with van der Waals surface area (Å²) in [5.41, 5.74) is 10.5. The Morgan fingerprint density at radius 2 is 0.674 bits per heavy atom. The first-order valence-electron chi connectivity index (χ1n) is 15.7. The van der Waals surface area contributed by atoms with Crippen LogP contribution in [-0.2, 0) is 5.66 Å². The van der Waals surface area contributed by atoms with E-state index >= 15 is 0 Å². The van der Waals surface area contributed by atoms with Crippen LogP contribution in [0.5, 0.6) is 11.5 Å². The molecule has 1 spiro atoms. The number of para-hydroxylation sites is 6. The summed E-state index contributed by atoms with van der Waals surface area (Å²) in [5.74, 6) is 1.69. The number of nitrogens with zero attached hydrogens (tertiary/aromatic N) is 2. The zero-order chi connectivity index (χ0) is 30.5. The molecule has 0 radical (unpaired) electrons. The molecule has 2 aliphatic heterocycles. The summed E-state index contributed by atoms with van der Waals surface area (Å²) in [6.45, 7) is 0. The number of benzene rings is 7. The zero-order valence-electron chi connectivity index (χ0n) is 25.1. The van der Waals surface area contributed by atoms with Gasteiger partial charge >= 0.3 is 0 Å². The molecule has 0 amide bonds. The van der Waals surface area contributed by atoms with Gasteiger partial charge in [0.05, 0.1) is 22.7 Å². The first-order chi connectivity index (χ1) is 22.9. The van der Waals surface area contributed by atoms with Gasteiger partial charge in [-0.15, -0.1) is 0 Å². The number of anilines is 4. The number of rotatable bonds is 4. The van der Waals surface area contributed by atoms with Crippen LogP contribution in [0.25, 0.3) is 22.3 Å². The molecule has 218 valence electrons.